The molecule has 0 saturated heterocycles. The van der Waals surface area contributed by atoms with Crippen LogP contribution in [0.25, 0.3) is 0 Å². The summed E-state index contributed by atoms with van der Waals surface area (Å²) in [5.74, 6) is 0.175. The van der Waals surface area contributed by atoms with Gasteiger partial charge in [-0.25, -0.2) is 0 Å². The number of benzene rings is 2. The molecule has 2 aromatic carbocycles. The van der Waals surface area contributed by atoms with Crippen LogP contribution in [0.1, 0.15) is 56.5 Å². The molecule has 1 aliphatic rings. The molecule has 0 spiro atoms. The number of halogens is 1. The van der Waals surface area contributed by atoms with Crippen molar-refractivity contribution in [2.24, 2.45) is 4.99 Å². The van der Waals surface area contributed by atoms with E-state index < -0.39 is 0 Å². The van der Waals surface area contributed by atoms with Gasteiger partial charge in [0.1, 0.15) is 0 Å². The summed E-state index contributed by atoms with van der Waals surface area (Å²) in [6.45, 7) is 17.2. The van der Waals surface area contributed by atoms with Gasteiger partial charge in [-0.1, -0.05) is 85.5 Å². The molecule has 198 valence electrons. The summed E-state index contributed by atoms with van der Waals surface area (Å²) in [5.41, 5.74) is 4.69. The standard InChI is InChI=1S/C25H26N2OS.2C3H6.CH3F/c1-18-10-6-5-9-15-29-24-14-13-22(16-23(24)27-20(18)3)25(28)26-17-19(2)21-11-7-4-8-12-21;2*1-3-2;1-2/h4-16,19H,17H2,1-3H3,(H,26,28);2*3H,1H2,2H3;1H3/b6-5-,15-9+,18-10+,27-20?;;;. The molecule has 5 heteroatoms. The maximum absolute atomic E-state index is 12.7. The topological polar surface area (TPSA) is 41.5 Å². The zero-order valence-electron chi connectivity index (χ0n) is 23.0. The maximum Gasteiger partial charge on any atom is 0.251 e. The molecule has 2 aromatic rings. The van der Waals surface area contributed by atoms with Crippen LogP contribution in [0.2, 0.25) is 0 Å². The van der Waals surface area contributed by atoms with Crippen molar-refractivity contribution in [2.45, 2.75) is 45.4 Å². The molecule has 1 heterocycles. The highest BCUT2D eigenvalue weighted by molar-refractivity contribution is 8.02. The van der Waals surface area contributed by atoms with E-state index in [9.17, 15) is 9.18 Å². The number of fused-ring (bicyclic) bond motifs is 1. The van der Waals surface area contributed by atoms with Crippen LogP contribution in [0, 0.1) is 0 Å². The van der Waals surface area contributed by atoms with Crippen LogP contribution < -0.4 is 5.32 Å². The summed E-state index contributed by atoms with van der Waals surface area (Å²) >= 11 is 1.60. The Morgan fingerprint density at radius 2 is 1.65 bits per heavy atom. The predicted molar refractivity (Wildman–Crippen MR) is 163 cm³/mol. The molecule has 0 aromatic heterocycles. The first-order valence-corrected chi connectivity index (χ1v) is 13.0. The highest BCUT2D eigenvalue weighted by Gasteiger charge is 2.12. The van der Waals surface area contributed by atoms with Crippen LogP contribution in [-0.4, -0.2) is 25.3 Å². The first-order valence-electron chi connectivity index (χ1n) is 12.1. The zero-order valence-corrected chi connectivity index (χ0v) is 23.8. The molecule has 0 radical (unpaired) electrons. The third-order valence-electron chi connectivity index (χ3n) is 4.86. The van der Waals surface area contributed by atoms with Crippen molar-refractivity contribution >= 4 is 29.1 Å². The molecule has 37 heavy (non-hydrogen) atoms. The van der Waals surface area contributed by atoms with E-state index in [4.69, 9.17) is 4.99 Å². The van der Waals surface area contributed by atoms with Crippen molar-refractivity contribution in [1.29, 1.82) is 0 Å². The number of allylic oxidation sites excluding steroid dienone is 7. The number of aliphatic imine (C=N–C) groups is 1. The average Bonchev–Trinajstić information content (AvgIpc) is 2.94. The molecule has 1 N–H and O–H groups in total. The summed E-state index contributed by atoms with van der Waals surface area (Å²) in [5, 5.41) is 5.08. The van der Waals surface area contributed by atoms with Gasteiger partial charge in [0.2, 0.25) is 0 Å². The largest absolute Gasteiger partial charge is 0.351 e. The first-order chi connectivity index (χ1) is 17.9. The van der Waals surface area contributed by atoms with Gasteiger partial charge in [0.25, 0.3) is 5.91 Å². The number of thioether (sulfide) groups is 1. The van der Waals surface area contributed by atoms with Crippen molar-refractivity contribution in [3.8, 4) is 0 Å². The molecule has 1 atom stereocenters. The number of carbonyl (C=O) groups is 1. The molecule has 0 fully saturated rings. The summed E-state index contributed by atoms with van der Waals surface area (Å²) in [6, 6.07) is 15.9. The fourth-order valence-electron chi connectivity index (χ4n) is 2.90. The highest BCUT2D eigenvalue weighted by Crippen LogP contribution is 2.32. The van der Waals surface area contributed by atoms with E-state index in [0.717, 1.165) is 21.9 Å². The lowest BCUT2D eigenvalue weighted by molar-refractivity contribution is 0.0951. The Labute approximate surface area is 227 Å². The summed E-state index contributed by atoms with van der Waals surface area (Å²) in [7, 11) is 0.500. The average molecular weight is 521 g/mol. The van der Waals surface area contributed by atoms with Gasteiger partial charge >= 0.3 is 0 Å². The highest BCUT2D eigenvalue weighted by atomic mass is 32.2. The zero-order chi connectivity index (χ0) is 28.1. The van der Waals surface area contributed by atoms with Crippen LogP contribution >= 0.6 is 11.8 Å². The summed E-state index contributed by atoms with van der Waals surface area (Å²) < 4.78 is 9.50. The molecule has 1 amide bonds. The third kappa shape index (κ3) is 13.4. The van der Waals surface area contributed by atoms with Crippen molar-refractivity contribution in [3.63, 3.8) is 0 Å². The number of carbonyl (C=O) groups excluding carboxylic acids is 1. The Balaban J connectivity index is 0.00000145. The lowest BCUT2D eigenvalue weighted by Gasteiger charge is -2.14. The fourth-order valence-corrected chi connectivity index (χ4v) is 3.59. The number of alkyl halides is 1. The van der Waals surface area contributed by atoms with E-state index in [1.165, 1.54) is 5.56 Å². The van der Waals surface area contributed by atoms with Crippen LogP contribution in [0.3, 0.4) is 0 Å². The number of nitrogens with zero attached hydrogens (tertiary/aromatic N) is 1. The van der Waals surface area contributed by atoms with E-state index in [-0.39, 0.29) is 11.8 Å². The normalized spacial score (nSPS) is 15.6. The quantitative estimate of drug-likeness (QED) is 0.408. The van der Waals surface area contributed by atoms with Crippen LogP contribution in [-0.2, 0) is 0 Å². The smallest absolute Gasteiger partial charge is 0.251 e. The third-order valence-corrected chi connectivity index (χ3v) is 5.75. The van der Waals surface area contributed by atoms with Gasteiger partial charge in [-0.2, -0.15) is 0 Å². The van der Waals surface area contributed by atoms with Gasteiger partial charge in [-0.05, 0) is 68.4 Å². The molecule has 3 rings (SSSR count). The number of nitrogens with one attached hydrogen (secondary N) is 1. The number of amides is 1. The van der Waals surface area contributed by atoms with Crippen LogP contribution in [0.4, 0.5) is 10.1 Å². The molecular formula is C32H41FN2OS. The SMILES string of the molecule is C=CC.C=CC.CC1=Nc2cc(C(=O)NCC(C)c3ccccc3)ccc2S/C=C/C=C\C=C\1C.CF. The number of hydrogen-bond acceptors (Lipinski definition) is 3. The van der Waals surface area contributed by atoms with Gasteiger partial charge < -0.3 is 5.32 Å². The van der Waals surface area contributed by atoms with Gasteiger partial charge in [0.05, 0.1) is 12.9 Å². The van der Waals surface area contributed by atoms with Gasteiger partial charge in [0.15, 0.2) is 0 Å². The minimum atomic E-state index is -0.0766. The lowest BCUT2D eigenvalue weighted by Crippen LogP contribution is -2.27. The predicted octanol–water partition coefficient (Wildman–Crippen LogP) is 9.40. The molecule has 0 aliphatic carbocycles. The fraction of sp³-hybridized carbons (Fsp3) is 0.250. The second-order valence-electron chi connectivity index (χ2n) is 7.90. The number of hydrogen-bond donors (Lipinski definition) is 1. The van der Waals surface area contributed by atoms with E-state index in [1.807, 2.05) is 93.8 Å². The Hall–Kier alpha value is -3.44. The second-order valence-corrected chi connectivity index (χ2v) is 8.85. The molecular weight excluding hydrogens is 479 g/mol. The molecule has 0 bridgehead atoms. The Bertz CT molecular complexity index is 1080. The Morgan fingerprint density at radius 1 is 1.03 bits per heavy atom. The Kier molecular flexibility index (Phi) is 18.8. The lowest BCUT2D eigenvalue weighted by atomic mass is 10.0. The first kappa shape index (κ1) is 33.6. The monoisotopic (exact) mass is 520 g/mol. The van der Waals surface area contributed by atoms with Crippen molar-refractivity contribution < 1.29 is 9.18 Å². The maximum atomic E-state index is 12.7. The summed E-state index contributed by atoms with van der Waals surface area (Å²) in [6.07, 6.45) is 11.6. The second kappa shape index (κ2) is 20.7. The van der Waals surface area contributed by atoms with Crippen molar-refractivity contribution in [2.75, 3.05) is 13.7 Å². The van der Waals surface area contributed by atoms with E-state index >= 15 is 0 Å². The van der Waals surface area contributed by atoms with Crippen LogP contribution in [0.5, 0.6) is 0 Å². The minimum Gasteiger partial charge on any atom is -0.351 e. The van der Waals surface area contributed by atoms with Gasteiger partial charge in [-0.3, -0.25) is 14.2 Å². The molecule has 3 nitrogen and oxygen atoms in total. The Morgan fingerprint density at radius 3 is 2.27 bits per heavy atom. The molecule has 1 aliphatic heterocycles. The van der Waals surface area contributed by atoms with Gasteiger partial charge in [0, 0.05) is 22.7 Å². The number of rotatable bonds is 4. The minimum absolute atomic E-state index is 0.0766. The van der Waals surface area contributed by atoms with Crippen molar-refractivity contribution in [3.05, 3.63) is 120 Å². The summed E-state index contributed by atoms with van der Waals surface area (Å²) in [4.78, 5) is 18.6. The van der Waals surface area contributed by atoms with E-state index in [1.54, 1.807) is 23.9 Å². The van der Waals surface area contributed by atoms with Crippen LogP contribution in [0.15, 0.2) is 119 Å². The molecule has 0 saturated carbocycles. The van der Waals surface area contributed by atoms with Crippen molar-refractivity contribution in [1.82, 2.24) is 5.32 Å². The van der Waals surface area contributed by atoms with E-state index in [0.29, 0.717) is 19.3 Å². The molecule has 1 unspecified atom stereocenters. The van der Waals surface area contributed by atoms with E-state index in [2.05, 4.69) is 37.5 Å². The van der Waals surface area contributed by atoms with Gasteiger partial charge in [-0.15, -0.1) is 13.2 Å².